The number of fused-ring (bicyclic) bond motifs is 1. The van der Waals surface area contributed by atoms with Crippen LogP contribution >= 0.6 is 0 Å². The molecule has 1 aromatic heterocycles. The Hall–Kier alpha value is -1.64. The maximum atomic E-state index is 5.80. The van der Waals surface area contributed by atoms with E-state index < -0.39 is 0 Å². The van der Waals surface area contributed by atoms with Crippen molar-refractivity contribution in [2.24, 2.45) is 0 Å². The van der Waals surface area contributed by atoms with E-state index in [0.29, 0.717) is 5.88 Å². The summed E-state index contributed by atoms with van der Waals surface area (Å²) in [4.78, 5) is 8.47. The number of unbranched alkanes of at least 4 members (excludes halogenated alkanes) is 6. The van der Waals surface area contributed by atoms with E-state index in [-0.39, 0.29) is 0 Å². The Morgan fingerprint density at radius 1 is 0.900 bits per heavy atom. The van der Waals surface area contributed by atoms with Gasteiger partial charge < -0.3 is 4.74 Å². The molecule has 0 bridgehead atoms. The quantitative estimate of drug-likeness (QED) is 0.617. The van der Waals surface area contributed by atoms with Gasteiger partial charge in [-0.3, -0.25) is 0 Å². The number of benzene rings is 1. The smallest absolute Gasteiger partial charge is 0.224 e. The van der Waals surface area contributed by atoms with Crippen molar-refractivity contribution in [3.05, 3.63) is 30.6 Å². The normalized spacial score (nSPS) is 10.8. The molecule has 20 heavy (non-hydrogen) atoms. The van der Waals surface area contributed by atoms with E-state index in [4.69, 9.17) is 4.74 Å². The monoisotopic (exact) mass is 272 g/mol. The molecule has 0 aliphatic heterocycles. The van der Waals surface area contributed by atoms with Gasteiger partial charge in [0.2, 0.25) is 5.88 Å². The summed E-state index contributed by atoms with van der Waals surface area (Å²) >= 11 is 0. The average molecular weight is 272 g/mol. The molecule has 0 unspecified atom stereocenters. The lowest BCUT2D eigenvalue weighted by Crippen LogP contribution is -2.00. The van der Waals surface area contributed by atoms with Gasteiger partial charge in [-0.15, -0.1) is 0 Å². The third-order valence-corrected chi connectivity index (χ3v) is 3.49. The maximum absolute atomic E-state index is 5.80. The first kappa shape index (κ1) is 14.8. The fraction of sp³-hybridized carbons (Fsp3) is 0.529. The molecule has 3 heteroatoms. The van der Waals surface area contributed by atoms with Crippen molar-refractivity contribution in [2.75, 3.05) is 6.61 Å². The van der Waals surface area contributed by atoms with Gasteiger partial charge in [0, 0.05) is 0 Å². The molecule has 3 nitrogen and oxygen atoms in total. The highest BCUT2D eigenvalue weighted by atomic mass is 16.5. The molecule has 1 aromatic carbocycles. The number of hydrogen-bond acceptors (Lipinski definition) is 3. The fourth-order valence-electron chi connectivity index (χ4n) is 2.32. The fourth-order valence-corrected chi connectivity index (χ4v) is 2.32. The van der Waals surface area contributed by atoms with Crippen molar-refractivity contribution in [3.63, 3.8) is 0 Å². The van der Waals surface area contributed by atoms with Gasteiger partial charge in [-0.2, -0.15) is 0 Å². The molecular weight excluding hydrogens is 248 g/mol. The van der Waals surface area contributed by atoms with Gasteiger partial charge in [0.1, 0.15) is 6.33 Å². The van der Waals surface area contributed by atoms with E-state index in [1.165, 1.54) is 38.5 Å². The topological polar surface area (TPSA) is 35.0 Å². The van der Waals surface area contributed by atoms with Crippen molar-refractivity contribution in [3.8, 4) is 5.88 Å². The molecule has 0 spiro atoms. The SMILES string of the molecule is CCCCCCCCCOc1ncnc2ccccc12. The van der Waals surface area contributed by atoms with E-state index in [1.54, 1.807) is 6.33 Å². The molecule has 0 aliphatic carbocycles. The first-order valence-corrected chi connectivity index (χ1v) is 7.74. The van der Waals surface area contributed by atoms with Crippen molar-refractivity contribution in [1.29, 1.82) is 0 Å². The van der Waals surface area contributed by atoms with Crippen LogP contribution in [0.15, 0.2) is 30.6 Å². The van der Waals surface area contributed by atoms with Gasteiger partial charge >= 0.3 is 0 Å². The van der Waals surface area contributed by atoms with Gasteiger partial charge in [-0.25, -0.2) is 9.97 Å². The Kier molecular flexibility index (Phi) is 6.28. The predicted molar refractivity (Wildman–Crippen MR) is 83.0 cm³/mol. The number of ether oxygens (including phenoxy) is 1. The second-order valence-corrected chi connectivity index (χ2v) is 5.17. The van der Waals surface area contributed by atoms with Gasteiger partial charge in [0.25, 0.3) is 0 Å². The maximum Gasteiger partial charge on any atom is 0.224 e. The van der Waals surface area contributed by atoms with Gasteiger partial charge in [0.05, 0.1) is 17.5 Å². The first-order chi connectivity index (χ1) is 9.92. The van der Waals surface area contributed by atoms with Gasteiger partial charge in [-0.1, -0.05) is 57.6 Å². The number of aromatic nitrogens is 2. The molecule has 108 valence electrons. The van der Waals surface area contributed by atoms with Crippen LogP contribution in [0.25, 0.3) is 10.9 Å². The molecule has 0 amide bonds. The summed E-state index contributed by atoms with van der Waals surface area (Å²) in [7, 11) is 0. The van der Waals surface area contributed by atoms with E-state index in [0.717, 1.165) is 23.9 Å². The van der Waals surface area contributed by atoms with Crippen LogP contribution in [0.3, 0.4) is 0 Å². The standard InChI is InChI=1S/C17H24N2O/c1-2-3-4-5-6-7-10-13-20-17-15-11-8-9-12-16(15)18-14-19-17/h8-9,11-12,14H,2-7,10,13H2,1H3. The number of para-hydroxylation sites is 1. The Bertz CT molecular complexity index is 508. The minimum absolute atomic E-state index is 0.710. The van der Waals surface area contributed by atoms with Gasteiger partial charge in [-0.05, 0) is 18.6 Å². The largest absolute Gasteiger partial charge is 0.477 e. The minimum Gasteiger partial charge on any atom is -0.477 e. The number of hydrogen-bond donors (Lipinski definition) is 0. The lowest BCUT2D eigenvalue weighted by Gasteiger charge is -2.07. The Morgan fingerprint density at radius 2 is 1.65 bits per heavy atom. The molecule has 0 saturated heterocycles. The van der Waals surface area contributed by atoms with Crippen LogP contribution in [0.4, 0.5) is 0 Å². The second kappa shape index (κ2) is 8.51. The molecule has 0 radical (unpaired) electrons. The summed E-state index contributed by atoms with van der Waals surface area (Å²) in [6.45, 7) is 2.99. The highest BCUT2D eigenvalue weighted by molar-refractivity contribution is 5.82. The molecule has 0 fully saturated rings. The predicted octanol–water partition coefficient (Wildman–Crippen LogP) is 4.76. The highest BCUT2D eigenvalue weighted by Crippen LogP contribution is 2.20. The van der Waals surface area contributed by atoms with Crippen LogP contribution in [0.5, 0.6) is 5.88 Å². The van der Waals surface area contributed by atoms with E-state index in [2.05, 4.69) is 16.9 Å². The van der Waals surface area contributed by atoms with Crippen molar-refractivity contribution >= 4 is 10.9 Å². The number of rotatable bonds is 9. The summed E-state index contributed by atoms with van der Waals surface area (Å²) in [5, 5.41) is 0.998. The summed E-state index contributed by atoms with van der Waals surface area (Å²) in [5.41, 5.74) is 0.942. The van der Waals surface area contributed by atoms with Gasteiger partial charge in [0.15, 0.2) is 0 Å². The Labute approximate surface area is 121 Å². The minimum atomic E-state index is 0.710. The third kappa shape index (κ3) is 4.48. The summed E-state index contributed by atoms with van der Waals surface area (Å²) < 4.78 is 5.80. The molecular formula is C17H24N2O. The second-order valence-electron chi connectivity index (χ2n) is 5.17. The zero-order valence-corrected chi connectivity index (χ0v) is 12.3. The van der Waals surface area contributed by atoms with E-state index in [9.17, 15) is 0 Å². The van der Waals surface area contributed by atoms with Crippen LogP contribution in [0.2, 0.25) is 0 Å². The van der Waals surface area contributed by atoms with Crippen molar-refractivity contribution < 1.29 is 4.74 Å². The van der Waals surface area contributed by atoms with Crippen LogP contribution in [-0.4, -0.2) is 16.6 Å². The third-order valence-electron chi connectivity index (χ3n) is 3.49. The van der Waals surface area contributed by atoms with E-state index >= 15 is 0 Å². The molecule has 0 N–H and O–H groups in total. The summed E-state index contributed by atoms with van der Waals surface area (Å²) in [6.07, 6.45) is 10.6. The molecule has 2 aromatic rings. The number of nitrogens with zero attached hydrogens (tertiary/aromatic N) is 2. The highest BCUT2D eigenvalue weighted by Gasteiger charge is 2.03. The average Bonchev–Trinajstić information content (AvgIpc) is 2.50. The zero-order valence-electron chi connectivity index (χ0n) is 12.3. The van der Waals surface area contributed by atoms with Crippen LogP contribution < -0.4 is 4.74 Å². The van der Waals surface area contributed by atoms with Crippen molar-refractivity contribution in [2.45, 2.75) is 51.9 Å². The van der Waals surface area contributed by atoms with Crippen molar-refractivity contribution in [1.82, 2.24) is 9.97 Å². The molecule has 0 saturated carbocycles. The first-order valence-electron chi connectivity index (χ1n) is 7.74. The Balaban J connectivity index is 1.71. The van der Waals surface area contributed by atoms with E-state index in [1.807, 2.05) is 24.3 Å². The lowest BCUT2D eigenvalue weighted by molar-refractivity contribution is 0.296. The van der Waals surface area contributed by atoms with Crippen LogP contribution in [-0.2, 0) is 0 Å². The summed E-state index contributed by atoms with van der Waals surface area (Å²) in [6, 6.07) is 7.97. The Morgan fingerprint density at radius 3 is 2.50 bits per heavy atom. The lowest BCUT2D eigenvalue weighted by atomic mass is 10.1. The van der Waals surface area contributed by atoms with Crippen LogP contribution in [0, 0.1) is 0 Å². The molecule has 0 atom stereocenters. The molecule has 1 heterocycles. The molecule has 0 aliphatic rings. The zero-order chi connectivity index (χ0) is 14.0. The summed E-state index contributed by atoms with van der Waals surface area (Å²) in [5.74, 6) is 0.710. The van der Waals surface area contributed by atoms with Crippen LogP contribution in [0.1, 0.15) is 51.9 Å². The molecule has 2 rings (SSSR count).